The van der Waals surface area contributed by atoms with Crippen LogP contribution in [-0.4, -0.2) is 11.7 Å². The second-order valence-electron chi connectivity index (χ2n) is 2.92. The van der Waals surface area contributed by atoms with Crippen molar-refractivity contribution in [3.63, 3.8) is 0 Å². The van der Waals surface area contributed by atoms with Gasteiger partial charge in [0.05, 0.1) is 0 Å². The van der Waals surface area contributed by atoms with Crippen molar-refractivity contribution in [2.45, 2.75) is 13.3 Å². The largest absolute Gasteiger partial charge is 0.396 e. The quantitative estimate of drug-likeness (QED) is 0.757. The van der Waals surface area contributed by atoms with E-state index in [4.69, 9.17) is 5.11 Å². The van der Waals surface area contributed by atoms with E-state index in [1.54, 1.807) is 19.1 Å². The molecule has 0 fully saturated rings. The molecule has 0 aromatic heterocycles. The Bertz CT molecular complexity index is 305. The summed E-state index contributed by atoms with van der Waals surface area (Å²) in [6, 6.07) is 4.95. The molecule has 0 atom stereocenters. The number of rotatable bonds is 3. The van der Waals surface area contributed by atoms with Crippen molar-refractivity contribution in [2.75, 3.05) is 6.61 Å². The van der Waals surface area contributed by atoms with Gasteiger partial charge in [-0.3, -0.25) is 0 Å². The van der Waals surface area contributed by atoms with Crippen LogP contribution in [0.3, 0.4) is 0 Å². The highest BCUT2D eigenvalue weighted by atomic mass is 19.1. The van der Waals surface area contributed by atoms with Crippen LogP contribution in [0.1, 0.15) is 17.5 Å². The molecule has 0 spiro atoms. The van der Waals surface area contributed by atoms with Crippen LogP contribution in [0, 0.1) is 12.7 Å². The highest BCUT2D eigenvalue weighted by Crippen LogP contribution is 2.10. The Morgan fingerprint density at radius 1 is 1.46 bits per heavy atom. The first-order valence-electron chi connectivity index (χ1n) is 4.27. The van der Waals surface area contributed by atoms with Gasteiger partial charge in [-0.15, -0.1) is 0 Å². The van der Waals surface area contributed by atoms with Gasteiger partial charge in [-0.05, 0) is 36.6 Å². The van der Waals surface area contributed by atoms with Gasteiger partial charge in [0, 0.05) is 6.61 Å². The lowest BCUT2D eigenvalue weighted by Gasteiger charge is -1.97. The van der Waals surface area contributed by atoms with E-state index in [0.29, 0.717) is 12.0 Å². The van der Waals surface area contributed by atoms with E-state index >= 15 is 0 Å². The molecule has 1 rings (SSSR count). The van der Waals surface area contributed by atoms with Crippen LogP contribution < -0.4 is 0 Å². The van der Waals surface area contributed by atoms with E-state index in [1.807, 2.05) is 12.2 Å². The summed E-state index contributed by atoms with van der Waals surface area (Å²) < 4.78 is 12.8. The predicted molar refractivity (Wildman–Crippen MR) is 51.9 cm³/mol. The minimum Gasteiger partial charge on any atom is -0.396 e. The Morgan fingerprint density at radius 3 is 2.85 bits per heavy atom. The van der Waals surface area contributed by atoms with Crippen LogP contribution in [0.4, 0.5) is 4.39 Å². The molecular formula is C11H13FO. The van der Waals surface area contributed by atoms with Crippen molar-refractivity contribution < 1.29 is 9.50 Å². The van der Waals surface area contributed by atoms with E-state index in [9.17, 15) is 4.39 Å². The number of aryl methyl sites for hydroxylation is 1. The average molecular weight is 180 g/mol. The number of hydrogen-bond donors (Lipinski definition) is 1. The van der Waals surface area contributed by atoms with Gasteiger partial charge in [-0.1, -0.05) is 18.2 Å². The van der Waals surface area contributed by atoms with Crippen LogP contribution in [0.2, 0.25) is 0 Å². The van der Waals surface area contributed by atoms with Crippen LogP contribution in [0.5, 0.6) is 0 Å². The lowest BCUT2D eigenvalue weighted by molar-refractivity contribution is 0.303. The maximum atomic E-state index is 12.8. The lowest BCUT2D eigenvalue weighted by Crippen LogP contribution is -1.82. The molecule has 0 aliphatic carbocycles. The summed E-state index contributed by atoms with van der Waals surface area (Å²) in [5.74, 6) is -0.181. The molecule has 13 heavy (non-hydrogen) atoms. The van der Waals surface area contributed by atoms with Crippen LogP contribution >= 0.6 is 0 Å². The Hall–Kier alpha value is -1.15. The molecule has 0 saturated heterocycles. The minimum absolute atomic E-state index is 0.149. The first kappa shape index (κ1) is 9.93. The maximum Gasteiger partial charge on any atom is 0.126 e. The van der Waals surface area contributed by atoms with Gasteiger partial charge in [0.25, 0.3) is 0 Å². The molecule has 1 N–H and O–H groups in total. The first-order chi connectivity index (χ1) is 6.24. The number of aliphatic hydroxyl groups excluding tert-OH is 1. The third-order valence-electron chi connectivity index (χ3n) is 1.79. The van der Waals surface area contributed by atoms with E-state index in [-0.39, 0.29) is 12.4 Å². The molecule has 2 heteroatoms. The monoisotopic (exact) mass is 180 g/mol. The highest BCUT2D eigenvalue weighted by Gasteiger charge is 1.95. The van der Waals surface area contributed by atoms with Crippen molar-refractivity contribution in [2.24, 2.45) is 0 Å². The summed E-state index contributed by atoms with van der Waals surface area (Å²) in [5, 5.41) is 8.53. The molecule has 0 heterocycles. The van der Waals surface area contributed by atoms with Crippen molar-refractivity contribution in [3.05, 3.63) is 41.2 Å². The van der Waals surface area contributed by atoms with Crippen LogP contribution in [0.15, 0.2) is 24.3 Å². The summed E-state index contributed by atoms with van der Waals surface area (Å²) in [4.78, 5) is 0. The number of benzene rings is 1. The van der Waals surface area contributed by atoms with Crippen LogP contribution in [0.25, 0.3) is 6.08 Å². The fraction of sp³-hybridized carbons (Fsp3) is 0.273. The smallest absolute Gasteiger partial charge is 0.126 e. The molecule has 0 aliphatic heterocycles. The molecule has 70 valence electrons. The van der Waals surface area contributed by atoms with Crippen LogP contribution in [-0.2, 0) is 0 Å². The summed E-state index contributed by atoms with van der Waals surface area (Å²) >= 11 is 0. The van der Waals surface area contributed by atoms with Gasteiger partial charge >= 0.3 is 0 Å². The van der Waals surface area contributed by atoms with Gasteiger partial charge in [0.1, 0.15) is 5.82 Å². The zero-order valence-corrected chi connectivity index (χ0v) is 7.63. The number of halogens is 1. The molecule has 1 nitrogen and oxygen atoms in total. The minimum atomic E-state index is -0.181. The molecule has 0 amide bonds. The Morgan fingerprint density at radius 2 is 2.23 bits per heavy atom. The Kier molecular flexibility index (Phi) is 3.65. The van der Waals surface area contributed by atoms with Crippen molar-refractivity contribution >= 4 is 6.08 Å². The van der Waals surface area contributed by atoms with E-state index < -0.39 is 0 Å². The van der Waals surface area contributed by atoms with Crippen molar-refractivity contribution in [3.8, 4) is 0 Å². The molecule has 0 bridgehead atoms. The van der Waals surface area contributed by atoms with Gasteiger partial charge in [0.15, 0.2) is 0 Å². The topological polar surface area (TPSA) is 20.2 Å². The second kappa shape index (κ2) is 4.77. The number of hydrogen-bond acceptors (Lipinski definition) is 1. The molecule has 1 aromatic rings. The SMILES string of the molecule is Cc1cc(C=CCCO)ccc1F. The fourth-order valence-corrected chi connectivity index (χ4v) is 1.07. The molecular weight excluding hydrogens is 167 g/mol. The summed E-state index contributed by atoms with van der Waals surface area (Å²) in [7, 11) is 0. The standard InChI is InChI=1S/C11H13FO/c1-9-8-10(4-2-3-7-13)5-6-11(9)12/h2,4-6,8,13H,3,7H2,1H3. The first-order valence-corrected chi connectivity index (χ1v) is 4.27. The Labute approximate surface area is 77.5 Å². The van der Waals surface area contributed by atoms with Crippen molar-refractivity contribution in [1.82, 2.24) is 0 Å². The normalized spacial score (nSPS) is 11.0. The third kappa shape index (κ3) is 2.99. The molecule has 0 saturated carbocycles. The molecule has 0 radical (unpaired) electrons. The van der Waals surface area contributed by atoms with Gasteiger partial charge in [0.2, 0.25) is 0 Å². The summed E-state index contributed by atoms with van der Waals surface area (Å²) in [6.45, 7) is 1.88. The lowest BCUT2D eigenvalue weighted by atomic mass is 10.1. The van der Waals surface area contributed by atoms with Gasteiger partial charge in [-0.2, -0.15) is 0 Å². The second-order valence-corrected chi connectivity index (χ2v) is 2.92. The van der Waals surface area contributed by atoms with Crippen molar-refractivity contribution in [1.29, 1.82) is 0 Å². The van der Waals surface area contributed by atoms with Gasteiger partial charge in [-0.25, -0.2) is 4.39 Å². The average Bonchev–Trinajstić information content (AvgIpc) is 2.12. The summed E-state index contributed by atoms with van der Waals surface area (Å²) in [6.07, 6.45) is 4.38. The molecule has 0 unspecified atom stereocenters. The molecule has 1 aromatic carbocycles. The zero-order valence-electron chi connectivity index (χ0n) is 7.63. The third-order valence-corrected chi connectivity index (χ3v) is 1.79. The van der Waals surface area contributed by atoms with Gasteiger partial charge < -0.3 is 5.11 Å². The van der Waals surface area contributed by atoms with E-state index in [0.717, 1.165) is 5.56 Å². The summed E-state index contributed by atoms with van der Waals surface area (Å²) in [5.41, 5.74) is 1.61. The highest BCUT2D eigenvalue weighted by molar-refractivity contribution is 5.50. The predicted octanol–water partition coefficient (Wildman–Crippen LogP) is 2.53. The number of aliphatic hydroxyl groups is 1. The fourth-order valence-electron chi connectivity index (χ4n) is 1.07. The maximum absolute atomic E-state index is 12.8. The zero-order chi connectivity index (χ0) is 9.68. The van der Waals surface area contributed by atoms with E-state index in [1.165, 1.54) is 6.07 Å². The molecule has 0 aliphatic rings. The Balaban J connectivity index is 2.73. The van der Waals surface area contributed by atoms with E-state index in [2.05, 4.69) is 0 Å².